The van der Waals surface area contributed by atoms with E-state index in [1.807, 2.05) is 6.92 Å². The van der Waals surface area contributed by atoms with E-state index >= 15 is 0 Å². The first-order chi connectivity index (χ1) is 4.41. The van der Waals surface area contributed by atoms with Crippen LogP contribution in [0.1, 0.15) is 40.5 Å². The molecule has 0 saturated carbocycles. The van der Waals surface area contributed by atoms with E-state index in [1.54, 1.807) is 20.8 Å². The van der Waals surface area contributed by atoms with E-state index in [0.29, 0.717) is 0 Å². The van der Waals surface area contributed by atoms with Crippen LogP contribution in [0.2, 0.25) is 0 Å². The van der Waals surface area contributed by atoms with Gasteiger partial charge in [0.05, 0.1) is 0 Å². The van der Waals surface area contributed by atoms with Crippen LogP contribution in [0, 0.1) is 0 Å². The van der Waals surface area contributed by atoms with Crippen molar-refractivity contribution in [1.82, 2.24) is 0 Å². The Morgan fingerprint density at radius 1 is 1.08 bits per heavy atom. The van der Waals surface area contributed by atoms with E-state index in [0.717, 1.165) is 12.8 Å². The van der Waals surface area contributed by atoms with Crippen molar-refractivity contribution >= 4 is 47.8 Å². The molecular weight excluding hydrogens is 366 g/mol. The zero-order valence-corrected chi connectivity index (χ0v) is 14.1. The summed E-state index contributed by atoms with van der Waals surface area (Å²) in [4.78, 5) is 0. The minimum Gasteiger partial charge on any atom is -0.854 e. The molecule has 64 valence electrons. The third-order valence-corrected chi connectivity index (χ3v) is 0.498. The molecule has 0 aromatic rings. The first-order valence-corrected chi connectivity index (χ1v) is 3.70. The predicted molar refractivity (Wildman–Crippen MR) is 51.0 cm³/mol. The molecule has 0 aliphatic carbocycles. The topological polar surface area (TPSA) is 46.1 Å². The minimum atomic E-state index is -0.750. The van der Waals surface area contributed by atoms with Crippen LogP contribution in [0.5, 0.6) is 0 Å². The molecular formula is C8H18O2Sn2+6. The average Bonchev–Trinajstić information content (AvgIpc) is 1.63. The van der Waals surface area contributed by atoms with Crippen LogP contribution >= 0.6 is 0 Å². The van der Waals surface area contributed by atoms with Gasteiger partial charge in [-0.05, 0) is 0 Å². The standard InChI is InChI=1S/2C4H9O.2Sn/c1-4(2,3)5;1-2-3-4-5;;/h1-3H3;2-4H2,1H3;;/q2*-1;2*+4. The van der Waals surface area contributed by atoms with Gasteiger partial charge in [-0.3, -0.25) is 0 Å². The predicted octanol–water partition coefficient (Wildman–Crippen LogP) is -0.470. The summed E-state index contributed by atoms with van der Waals surface area (Å²) in [5.74, 6) is 0. The van der Waals surface area contributed by atoms with Gasteiger partial charge in [-0.25, -0.2) is 0 Å². The maximum Gasteiger partial charge on any atom is 4.00 e. The zero-order valence-electron chi connectivity index (χ0n) is 8.44. The molecule has 0 N–H and O–H groups in total. The number of unbranched alkanes of at least 4 members (excludes halogenated alkanes) is 1. The molecule has 0 atom stereocenters. The van der Waals surface area contributed by atoms with Crippen molar-refractivity contribution < 1.29 is 10.2 Å². The summed E-state index contributed by atoms with van der Waals surface area (Å²) in [7, 11) is 0. The van der Waals surface area contributed by atoms with Crippen LogP contribution in [-0.2, 0) is 0 Å². The molecule has 0 spiro atoms. The van der Waals surface area contributed by atoms with E-state index in [2.05, 4.69) is 0 Å². The Morgan fingerprint density at radius 2 is 1.33 bits per heavy atom. The van der Waals surface area contributed by atoms with Crippen LogP contribution in [-0.4, -0.2) is 60.0 Å². The van der Waals surface area contributed by atoms with Gasteiger partial charge >= 0.3 is 47.8 Å². The van der Waals surface area contributed by atoms with Crippen molar-refractivity contribution in [3.8, 4) is 0 Å². The molecule has 2 nitrogen and oxygen atoms in total. The molecule has 0 aliphatic heterocycles. The fourth-order valence-electron chi connectivity index (χ4n) is 0.144. The largest absolute Gasteiger partial charge is 4.00 e. The van der Waals surface area contributed by atoms with Crippen molar-refractivity contribution in [3.05, 3.63) is 0 Å². The second-order valence-corrected chi connectivity index (χ2v) is 3.17. The van der Waals surface area contributed by atoms with Gasteiger partial charge in [-0.1, -0.05) is 40.5 Å². The van der Waals surface area contributed by atoms with Crippen LogP contribution in [0.15, 0.2) is 0 Å². The molecule has 0 heterocycles. The van der Waals surface area contributed by atoms with Gasteiger partial charge in [0.1, 0.15) is 0 Å². The fourth-order valence-corrected chi connectivity index (χ4v) is 0.144. The van der Waals surface area contributed by atoms with Crippen molar-refractivity contribution in [3.63, 3.8) is 0 Å². The molecule has 0 amide bonds. The summed E-state index contributed by atoms with van der Waals surface area (Å²) in [6.07, 6.45) is 1.86. The Hall–Kier alpha value is 1.52. The van der Waals surface area contributed by atoms with Crippen LogP contribution in [0.4, 0.5) is 0 Å². The molecule has 0 rings (SSSR count). The van der Waals surface area contributed by atoms with Gasteiger partial charge in [-0.2, -0.15) is 0 Å². The smallest absolute Gasteiger partial charge is 0.854 e. The molecule has 0 aromatic heterocycles. The van der Waals surface area contributed by atoms with Crippen molar-refractivity contribution in [2.45, 2.75) is 46.1 Å². The average molecular weight is 384 g/mol. The molecule has 4 heteroatoms. The molecule has 0 fully saturated rings. The van der Waals surface area contributed by atoms with Gasteiger partial charge in [0.25, 0.3) is 0 Å². The zero-order chi connectivity index (χ0) is 8.62. The van der Waals surface area contributed by atoms with Crippen molar-refractivity contribution in [2.75, 3.05) is 6.61 Å². The van der Waals surface area contributed by atoms with Crippen LogP contribution in [0.25, 0.3) is 0 Å². The van der Waals surface area contributed by atoms with Gasteiger partial charge in [0.15, 0.2) is 0 Å². The third kappa shape index (κ3) is 103. The van der Waals surface area contributed by atoms with E-state index < -0.39 is 5.60 Å². The summed E-state index contributed by atoms with van der Waals surface area (Å²) in [6.45, 7) is 7.00. The second-order valence-electron chi connectivity index (χ2n) is 3.17. The Kier molecular flexibility index (Phi) is 29.2. The van der Waals surface area contributed by atoms with E-state index in [1.165, 1.54) is 0 Å². The van der Waals surface area contributed by atoms with Crippen LogP contribution in [0.3, 0.4) is 0 Å². The first kappa shape index (κ1) is 23.4. The Labute approximate surface area is 110 Å². The SMILES string of the molecule is CC(C)(C)[O-].CCCC[O-].[Sn+4].[Sn+4]. The van der Waals surface area contributed by atoms with E-state index in [-0.39, 0.29) is 54.4 Å². The maximum atomic E-state index is 10.1. The quantitative estimate of drug-likeness (QED) is 0.605. The number of hydrogen-bond donors (Lipinski definition) is 0. The summed E-state index contributed by atoms with van der Waals surface area (Å²) >= 11 is 0. The van der Waals surface area contributed by atoms with Gasteiger partial charge in [0.2, 0.25) is 0 Å². The van der Waals surface area contributed by atoms with Crippen molar-refractivity contribution in [1.29, 1.82) is 0 Å². The normalized spacial score (nSPS) is 8.50. The molecule has 0 radical (unpaired) electrons. The Bertz CT molecular complexity index is 54.6. The third-order valence-electron chi connectivity index (χ3n) is 0.498. The maximum absolute atomic E-state index is 10.1. The Balaban J connectivity index is -0.0000000457. The summed E-state index contributed by atoms with van der Waals surface area (Å²) in [5, 5.41) is 19.6. The van der Waals surface area contributed by atoms with Gasteiger partial charge in [0, 0.05) is 0 Å². The van der Waals surface area contributed by atoms with Crippen molar-refractivity contribution in [2.24, 2.45) is 0 Å². The van der Waals surface area contributed by atoms with Gasteiger partial charge < -0.3 is 10.2 Å². The van der Waals surface area contributed by atoms with Gasteiger partial charge in [-0.15, -0.1) is 12.2 Å². The number of rotatable bonds is 2. The fraction of sp³-hybridized carbons (Fsp3) is 1.00. The van der Waals surface area contributed by atoms with E-state index in [4.69, 9.17) is 0 Å². The molecule has 0 unspecified atom stereocenters. The monoisotopic (exact) mass is 386 g/mol. The second kappa shape index (κ2) is 15.0. The van der Waals surface area contributed by atoms with Crippen LogP contribution < -0.4 is 10.2 Å². The molecule has 12 heavy (non-hydrogen) atoms. The summed E-state index contributed by atoms with van der Waals surface area (Å²) in [5.41, 5.74) is -0.750. The summed E-state index contributed by atoms with van der Waals surface area (Å²) < 4.78 is 0. The van der Waals surface area contributed by atoms with E-state index in [9.17, 15) is 10.2 Å². The number of hydrogen-bond acceptors (Lipinski definition) is 2. The molecule has 0 aromatic carbocycles. The summed E-state index contributed by atoms with van der Waals surface area (Å²) in [6, 6.07) is 0. The Morgan fingerprint density at radius 3 is 1.33 bits per heavy atom. The molecule has 0 saturated heterocycles. The molecule has 0 bridgehead atoms. The minimum absolute atomic E-state index is 0. The molecule has 0 aliphatic rings. The first-order valence-electron chi connectivity index (χ1n) is 3.70.